The van der Waals surface area contributed by atoms with E-state index in [2.05, 4.69) is 27.3 Å². The van der Waals surface area contributed by atoms with Gasteiger partial charge in [-0.05, 0) is 36.6 Å². The Morgan fingerprint density at radius 2 is 1.86 bits per heavy atom. The van der Waals surface area contributed by atoms with Crippen molar-refractivity contribution >= 4 is 12.4 Å². The van der Waals surface area contributed by atoms with Gasteiger partial charge in [-0.2, -0.15) is 0 Å². The highest BCUT2D eigenvalue weighted by Gasteiger charge is 2.31. The summed E-state index contributed by atoms with van der Waals surface area (Å²) >= 11 is 0. The van der Waals surface area contributed by atoms with E-state index in [0.29, 0.717) is 17.9 Å². The zero-order chi connectivity index (χ0) is 19.3. The molecule has 1 heterocycles. The number of rotatable bonds is 6. The molecule has 1 atom stereocenters. The lowest BCUT2D eigenvalue weighted by molar-refractivity contribution is -0.274. The number of benzene rings is 2. The van der Waals surface area contributed by atoms with Crippen molar-refractivity contribution in [2.45, 2.75) is 38.2 Å². The molecule has 0 bridgehead atoms. The Labute approximate surface area is 169 Å². The van der Waals surface area contributed by atoms with Crippen LogP contribution in [0.3, 0.4) is 0 Å². The molecule has 1 N–H and O–H groups in total. The number of piperidine rings is 1. The smallest absolute Gasteiger partial charge is 0.496 e. The highest BCUT2D eigenvalue weighted by Crippen LogP contribution is 2.31. The van der Waals surface area contributed by atoms with E-state index < -0.39 is 6.36 Å². The molecule has 0 aromatic heterocycles. The predicted octanol–water partition coefficient (Wildman–Crippen LogP) is 5.25. The first-order chi connectivity index (χ1) is 13.0. The van der Waals surface area contributed by atoms with E-state index in [4.69, 9.17) is 4.74 Å². The average Bonchev–Trinajstić information content (AvgIpc) is 2.66. The van der Waals surface area contributed by atoms with Gasteiger partial charge in [-0.1, -0.05) is 36.8 Å². The first-order valence-corrected chi connectivity index (χ1v) is 8.94. The molecule has 0 saturated carbocycles. The molecule has 28 heavy (non-hydrogen) atoms. The van der Waals surface area contributed by atoms with E-state index in [9.17, 15) is 13.2 Å². The van der Waals surface area contributed by atoms with Crippen LogP contribution in [-0.2, 0) is 6.54 Å². The number of ether oxygens (including phenoxy) is 2. The van der Waals surface area contributed by atoms with Crippen molar-refractivity contribution in [1.29, 1.82) is 0 Å². The van der Waals surface area contributed by atoms with Crippen molar-refractivity contribution < 1.29 is 22.6 Å². The minimum absolute atomic E-state index is 0. The molecule has 1 aliphatic rings. The molecule has 1 aliphatic heterocycles. The molecule has 2 aromatic rings. The van der Waals surface area contributed by atoms with E-state index in [1.54, 1.807) is 0 Å². The van der Waals surface area contributed by atoms with Gasteiger partial charge in [0.05, 0.1) is 7.11 Å². The first kappa shape index (κ1) is 22.3. The number of alkyl halides is 3. The average molecular weight is 417 g/mol. The van der Waals surface area contributed by atoms with Crippen molar-refractivity contribution in [2.24, 2.45) is 0 Å². The van der Waals surface area contributed by atoms with E-state index in [0.717, 1.165) is 25.8 Å². The fourth-order valence-corrected chi connectivity index (χ4v) is 3.42. The largest absolute Gasteiger partial charge is 0.573 e. The summed E-state index contributed by atoms with van der Waals surface area (Å²) < 4.78 is 46.8. The van der Waals surface area contributed by atoms with Crippen LogP contribution in [0.4, 0.5) is 13.2 Å². The van der Waals surface area contributed by atoms with Crippen LogP contribution in [-0.4, -0.2) is 25.0 Å². The minimum Gasteiger partial charge on any atom is -0.496 e. The topological polar surface area (TPSA) is 33.7 Å². The van der Waals surface area contributed by atoms with E-state index in [-0.39, 0.29) is 24.2 Å². The molecule has 3 rings (SSSR count). The Hall–Kier alpha value is -1.96. The second-order valence-electron chi connectivity index (χ2n) is 6.47. The fourth-order valence-electron chi connectivity index (χ4n) is 3.42. The van der Waals surface area contributed by atoms with Gasteiger partial charge in [-0.3, -0.25) is 5.43 Å². The second-order valence-corrected chi connectivity index (χ2v) is 6.47. The number of methoxy groups -OCH3 is 1. The normalized spacial score (nSPS) is 17.6. The molecule has 0 spiro atoms. The molecule has 1 saturated heterocycles. The molecule has 1 fully saturated rings. The summed E-state index contributed by atoms with van der Waals surface area (Å²) in [5, 5.41) is 2.16. The lowest BCUT2D eigenvalue weighted by Crippen LogP contribution is -2.43. The van der Waals surface area contributed by atoms with E-state index >= 15 is 0 Å². The van der Waals surface area contributed by atoms with Gasteiger partial charge in [0.2, 0.25) is 0 Å². The van der Waals surface area contributed by atoms with Crippen LogP contribution in [0.2, 0.25) is 0 Å². The van der Waals surface area contributed by atoms with E-state index in [1.165, 1.54) is 30.9 Å². The number of hydrazine groups is 1. The van der Waals surface area contributed by atoms with Gasteiger partial charge in [0.15, 0.2) is 0 Å². The van der Waals surface area contributed by atoms with Gasteiger partial charge < -0.3 is 9.47 Å². The van der Waals surface area contributed by atoms with Crippen LogP contribution in [0.5, 0.6) is 11.5 Å². The van der Waals surface area contributed by atoms with Crippen molar-refractivity contribution in [3.05, 3.63) is 59.7 Å². The highest BCUT2D eigenvalue weighted by molar-refractivity contribution is 5.85. The Balaban J connectivity index is 0.00000280. The standard InChI is InChI=1S/C20H23F3N2O2.ClH/c1-26-19-11-10-17(27-20(21,22)23)13-16(19)14-24-25-12-6-5-9-18(25)15-7-3-2-4-8-15;/h2-4,7-8,10-11,13,18,24H,5-6,9,12,14H2,1H3;1H. The van der Waals surface area contributed by atoms with Crippen molar-refractivity contribution in [1.82, 2.24) is 10.4 Å². The van der Waals surface area contributed by atoms with Gasteiger partial charge in [0.25, 0.3) is 0 Å². The lowest BCUT2D eigenvalue weighted by Gasteiger charge is -2.36. The number of nitrogens with zero attached hydrogens (tertiary/aromatic N) is 1. The Kier molecular flexibility index (Phi) is 7.98. The van der Waals surface area contributed by atoms with Crippen LogP contribution in [0.1, 0.15) is 36.4 Å². The number of halogens is 4. The minimum atomic E-state index is -4.72. The van der Waals surface area contributed by atoms with Gasteiger partial charge in [-0.15, -0.1) is 25.6 Å². The van der Waals surface area contributed by atoms with Crippen LogP contribution in [0.15, 0.2) is 48.5 Å². The number of nitrogens with one attached hydrogen (secondary N) is 1. The summed E-state index contributed by atoms with van der Waals surface area (Å²) in [4.78, 5) is 0. The molecule has 0 amide bonds. The molecule has 154 valence electrons. The van der Waals surface area contributed by atoms with E-state index in [1.807, 2.05) is 18.2 Å². The SMILES string of the molecule is COc1ccc(OC(F)(F)F)cc1CNN1CCCCC1c1ccccc1.Cl. The maximum Gasteiger partial charge on any atom is 0.573 e. The van der Waals surface area contributed by atoms with Gasteiger partial charge >= 0.3 is 6.36 Å². The number of hydrogen-bond donors (Lipinski definition) is 1. The highest BCUT2D eigenvalue weighted by atomic mass is 35.5. The zero-order valence-corrected chi connectivity index (χ0v) is 16.4. The van der Waals surface area contributed by atoms with Crippen LogP contribution in [0, 0.1) is 0 Å². The Morgan fingerprint density at radius 3 is 2.54 bits per heavy atom. The lowest BCUT2D eigenvalue weighted by atomic mass is 9.97. The summed E-state index contributed by atoms with van der Waals surface area (Å²) in [5.74, 6) is 0.267. The quantitative estimate of drug-likeness (QED) is 0.697. The maximum absolute atomic E-state index is 12.5. The Bertz CT molecular complexity index is 744. The fraction of sp³-hybridized carbons (Fsp3) is 0.400. The molecule has 0 aliphatic carbocycles. The summed E-state index contributed by atoms with van der Waals surface area (Å²) in [6.07, 6.45) is -1.46. The van der Waals surface area contributed by atoms with Crippen molar-refractivity contribution in [3.8, 4) is 11.5 Å². The zero-order valence-electron chi connectivity index (χ0n) is 15.5. The third-order valence-corrected chi connectivity index (χ3v) is 4.65. The second kappa shape index (κ2) is 10.0. The van der Waals surface area contributed by atoms with Gasteiger partial charge in [0, 0.05) is 24.7 Å². The number of hydrogen-bond acceptors (Lipinski definition) is 4. The third kappa shape index (κ3) is 6.02. The molecular formula is C20H24ClF3N2O2. The summed E-state index contributed by atoms with van der Waals surface area (Å²) in [6.45, 7) is 1.22. The molecule has 2 aromatic carbocycles. The maximum atomic E-state index is 12.5. The monoisotopic (exact) mass is 416 g/mol. The van der Waals surface area contributed by atoms with Crippen LogP contribution >= 0.6 is 12.4 Å². The Morgan fingerprint density at radius 1 is 1.11 bits per heavy atom. The van der Waals surface area contributed by atoms with Crippen molar-refractivity contribution in [3.63, 3.8) is 0 Å². The molecule has 8 heteroatoms. The first-order valence-electron chi connectivity index (χ1n) is 8.94. The predicted molar refractivity (Wildman–Crippen MR) is 104 cm³/mol. The van der Waals surface area contributed by atoms with Gasteiger partial charge in [-0.25, -0.2) is 5.01 Å². The third-order valence-electron chi connectivity index (χ3n) is 4.65. The van der Waals surface area contributed by atoms with Crippen LogP contribution in [0.25, 0.3) is 0 Å². The summed E-state index contributed by atoms with van der Waals surface area (Å²) in [6, 6.07) is 14.6. The van der Waals surface area contributed by atoms with Crippen molar-refractivity contribution in [2.75, 3.05) is 13.7 Å². The van der Waals surface area contributed by atoms with Gasteiger partial charge in [0.1, 0.15) is 11.5 Å². The molecular weight excluding hydrogens is 393 g/mol. The summed E-state index contributed by atoms with van der Waals surface area (Å²) in [7, 11) is 1.50. The molecule has 4 nitrogen and oxygen atoms in total. The van der Waals surface area contributed by atoms with Crippen LogP contribution < -0.4 is 14.9 Å². The summed E-state index contributed by atoms with van der Waals surface area (Å²) in [5.41, 5.74) is 5.20. The molecule has 1 unspecified atom stereocenters. The molecule has 0 radical (unpaired) electrons.